The van der Waals surface area contributed by atoms with E-state index >= 15 is 0 Å². The third kappa shape index (κ3) is 4.48. The van der Waals surface area contributed by atoms with E-state index in [4.69, 9.17) is 20.8 Å². The van der Waals surface area contributed by atoms with Gasteiger partial charge in [0.25, 0.3) is 0 Å². The van der Waals surface area contributed by atoms with Gasteiger partial charge in [0.15, 0.2) is 12.2 Å². The van der Waals surface area contributed by atoms with E-state index in [0.717, 1.165) is 5.57 Å². The fraction of sp³-hybridized carbons (Fsp3) is 0.421. The Bertz CT molecular complexity index is 870. The van der Waals surface area contributed by atoms with E-state index in [2.05, 4.69) is 9.97 Å². The fourth-order valence-electron chi connectivity index (χ4n) is 2.79. The number of rotatable bonds is 3. The summed E-state index contributed by atoms with van der Waals surface area (Å²) in [6, 6.07) is 1.74. The Morgan fingerprint density at radius 1 is 1.41 bits per heavy atom. The fourth-order valence-corrected chi connectivity index (χ4v) is 3.08. The third-order valence-corrected chi connectivity index (χ3v) is 4.35. The van der Waals surface area contributed by atoms with Gasteiger partial charge in [0, 0.05) is 24.8 Å². The molecule has 1 aliphatic rings. The number of amides is 1. The molecule has 0 unspecified atom stereocenters. The number of aromatic nitrogens is 2. The Balaban J connectivity index is 1.75. The lowest BCUT2D eigenvalue weighted by molar-refractivity contribution is 0.0270. The molecule has 0 saturated heterocycles. The van der Waals surface area contributed by atoms with Crippen molar-refractivity contribution in [2.75, 3.05) is 13.1 Å². The van der Waals surface area contributed by atoms with Crippen molar-refractivity contribution in [1.82, 2.24) is 14.9 Å². The van der Waals surface area contributed by atoms with Crippen LogP contribution in [0.15, 0.2) is 29.2 Å². The monoisotopic (exact) mass is 391 g/mol. The van der Waals surface area contributed by atoms with E-state index in [1.165, 1.54) is 6.39 Å². The molecule has 0 bridgehead atoms. The summed E-state index contributed by atoms with van der Waals surface area (Å²) in [5.41, 5.74) is 2.22. The number of ether oxygens (including phenoxy) is 1. The topological polar surface area (TPSA) is 88.7 Å². The highest BCUT2D eigenvalue weighted by atomic mass is 35.5. The van der Waals surface area contributed by atoms with Crippen LogP contribution in [0.2, 0.25) is 5.02 Å². The lowest BCUT2D eigenvalue weighted by Crippen LogP contribution is -2.39. The van der Waals surface area contributed by atoms with Crippen LogP contribution in [0.5, 0.6) is 0 Å². The number of carbonyl (C=O) groups is 1. The molecule has 0 aromatic carbocycles. The second kappa shape index (κ2) is 7.70. The largest absolute Gasteiger partial charge is 0.444 e. The number of aliphatic hydroxyl groups excluding tert-OH is 1. The molecule has 144 valence electrons. The molecule has 1 aliphatic heterocycles. The molecular formula is C19H22ClN3O4. The highest BCUT2D eigenvalue weighted by molar-refractivity contribution is 6.32. The van der Waals surface area contributed by atoms with Crippen LogP contribution in [0.25, 0.3) is 16.9 Å². The van der Waals surface area contributed by atoms with Gasteiger partial charge in [-0.05, 0) is 38.8 Å². The maximum Gasteiger partial charge on any atom is 0.410 e. The molecule has 0 atom stereocenters. The summed E-state index contributed by atoms with van der Waals surface area (Å²) in [7, 11) is 0. The summed E-state index contributed by atoms with van der Waals surface area (Å²) in [5, 5.41) is 9.79. The minimum atomic E-state index is -0.518. The smallest absolute Gasteiger partial charge is 0.410 e. The Morgan fingerprint density at radius 3 is 2.78 bits per heavy atom. The van der Waals surface area contributed by atoms with Crippen molar-refractivity contribution >= 4 is 23.3 Å². The maximum atomic E-state index is 12.2. The molecule has 0 radical (unpaired) electrons. The molecule has 3 rings (SSSR count). The quantitative estimate of drug-likeness (QED) is 0.853. The molecular weight excluding hydrogens is 370 g/mol. The summed E-state index contributed by atoms with van der Waals surface area (Å²) in [4.78, 5) is 22.2. The molecule has 27 heavy (non-hydrogen) atoms. The zero-order valence-corrected chi connectivity index (χ0v) is 16.3. The minimum Gasteiger partial charge on any atom is -0.444 e. The van der Waals surface area contributed by atoms with E-state index in [0.29, 0.717) is 47.2 Å². The Labute approximate surface area is 162 Å². The number of hydrogen-bond acceptors (Lipinski definition) is 6. The molecule has 2 aromatic rings. The molecule has 0 spiro atoms. The number of oxazole rings is 1. The van der Waals surface area contributed by atoms with Crippen LogP contribution in [-0.2, 0) is 11.3 Å². The van der Waals surface area contributed by atoms with Crippen LogP contribution in [0.4, 0.5) is 4.79 Å². The van der Waals surface area contributed by atoms with Crippen molar-refractivity contribution in [2.45, 2.75) is 39.4 Å². The van der Waals surface area contributed by atoms with Gasteiger partial charge in [0.05, 0.1) is 17.3 Å². The molecule has 0 saturated carbocycles. The van der Waals surface area contributed by atoms with Crippen molar-refractivity contribution in [3.05, 3.63) is 41.1 Å². The summed E-state index contributed by atoms with van der Waals surface area (Å²) in [6.07, 6.45) is 5.17. The number of pyridine rings is 1. The van der Waals surface area contributed by atoms with Crippen molar-refractivity contribution in [3.8, 4) is 11.3 Å². The normalized spacial score (nSPS) is 14.9. The van der Waals surface area contributed by atoms with Crippen LogP contribution in [-0.4, -0.2) is 44.8 Å². The number of halogens is 1. The van der Waals surface area contributed by atoms with Crippen LogP contribution >= 0.6 is 11.6 Å². The van der Waals surface area contributed by atoms with Gasteiger partial charge in [-0.2, -0.15) is 0 Å². The van der Waals surface area contributed by atoms with Crippen molar-refractivity contribution in [3.63, 3.8) is 0 Å². The van der Waals surface area contributed by atoms with E-state index in [1.807, 2.05) is 26.8 Å². The second-order valence-corrected chi connectivity index (χ2v) is 7.65. The van der Waals surface area contributed by atoms with Gasteiger partial charge in [-0.1, -0.05) is 17.7 Å². The van der Waals surface area contributed by atoms with Crippen LogP contribution in [0.1, 0.15) is 38.6 Å². The molecule has 2 aromatic heterocycles. The first-order chi connectivity index (χ1) is 12.8. The lowest BCUT2D eigenvalue weighted by atomic mass is 10.0. The van der Waals surface area contributed by atoms with Gasteiger partial charge >= 0.3 is 6.09 Å². The maximum absolute atomic E-state index is 12.2. The average molecular weight is 392 g/mol. The second-order valence-electron chi connectivity index (χ2n) is 7.25. The summed E-state index contributed by atoms with van der Waals surface area (Å²) in [5.74, 6) is 0.451. The van der Waals surface area contributed by atoms with Gasteiger partial charge in [0.2, 0.25) is 0 Å². The zero-order chi connectivity index (χ0) is 19.6. The number of nitrogens with zero attached hydrogens (tertiary/aromatic N) is 3. The molecule has 1 N–H and O–H groups in total. The molecule has 8 heteroatoms. The highest BCUT2D eigenvalue weighted by Crippen LogP contribution is 2.31. The van der Waals surface area contributed by atoms with Gasteiger partial charge in [-0.3, -0.25) is 4.98 Å². The summed E-state index contributed by atoms with van der Waals surface area (Å²) in [6.45, 7) is 6.29. The van der Waals surface area contributed by atoms with E-state index in [1.54, 1.807) is 17.2 Å². The van der Waals surface area contributed by atoms with Gasteiger partial charge < -0.3 is 19.2 Å². The van der Waals surface area contributed by atoms with E-state index in [-0.39, 0.29) is 12.7 Å². The first kappa shape index (κ1) is 19.4. The van der Waals surface area contributed by atoms with E-state index in [9.17, 15) is 9.90 Å². The first-order valence-corrected chi connectivity index (χ1v) is 9.03. The number of aliphatic hydroxyl groups is 1. The summed E-state index contributed by atoms with van der Waals surface area (Å²) >= 11 is 6.43. The lowest BCUT2D eigenvalue weighted by Gasteiger charge is -2.29. The Hall–Kier alpha value is -2.38. The van der Waals surface area contributed by atoms with Crippen LogP contribution in [0, 0.1) is 0 Å². The summed E-state index contributed by atoms with van der Waals surface area (Å²) < 4.78 is 10.7. The molecule has 0 fully saturated rings. The van der Waals surface area contributed by atoms with Gasteiger partial charge in [0.1, 0.15) is 11.3 Å². The predicted octanol–water partition coefficient (Wildman–Crippen LogP) is 3.91. The highest BCUT2D eigenvalue weighted by Gasteiger charge is 2.25. The van der Waals surface area contributed by atoms with E-state index < -0.39 is 5.60 Å². The Morgan fingerprint density at radius 2 is 2.19 bits per heavy atom. The average Bonchev–Trinajstić information content (AvgIpc) is 3.09. The van der Waals surface area contributed by atoms with Crippen LogP contribution in [0.3, 0.4) is 0 Å². The minimum absolute atomic E-state index is 0.225. The molecule has 3 heterocycles. The first-order valence-electron chi connectivity index (χ1n) is 8.65. The number of carbonyl (C=O) groups excluding carboxylic acids is 1. The SMILES string of the molecule is CC(C)(C)OC(=O)N1CC=C(c2ncc(-c3ocnc3CO)cc2Cl)CC1. The molecule has 1 amide bonds. The van der Waals surface area contributed by atoms with Crippen molar-refractivity contribution in [1.29, 1.82) is 0 Å². The Kier molecular flexibility index (Phi) is 5.53. The molecule has 0 aliphatic carbocycles. The zero-order valence-electron chi connectivity index (χ0n) is 15.5. The van der Waals surface area contributed by atoms with Crippen molar-refractivity contribution in [2.24, 2.45) is 0 Å². The standard InChI is InChI=1S/C19H22ClN3O4/c1-19(2,3)27-18(25)23-6-4-12(5-7-23)16-14(20)8-13(9-21-16)17-15(10-24)22-11-26-17/h4,8-9,11,24H,5-7,10H2,1-3H3. The predicted molar refractivity (Wildman–Crippen MR) is 101 cm³/mol. The van der Waals surface area contributed by atoms with Crippen molar-refractivity contribution < 1.29 is 19.1 Å². The molecule has 7 nitrogen and oxygen atoms in total. The third-order valence-electron chi connectivity index (χ3n) is 4.06. The van der Waals surface area contributed by atoms with Gasteiger partial charge in [-0.15, -0.1) is 0 Å². The van der Waals surface area contributed by atoms with Crippen LogP contribution < -0.4 is 0 Å². The number of hydrogen-bond donors (Lipinski definition) is 1. The van der Waals surface area contributed by atoms with Gasteiger partial charge in [-0.25, -0.2) is 9.78 Å².